The molecule has 0 saturated carbocycles. The first-order chi connectivity index (χ1) is 8.78. The van der Waals surface area contributed by atoms with E-state index in [1.54, 1.807) is 0 Å². The molecule has 0 saturated heterocycles. The predicted octanol–water partition coefficient (Wildman–Crippen LogP) is 2.82. The van der Waals surface area contributed by atoms with Crippen molar-refractivity contribution in [1.82, 2.24) is 20.3 Å². The molecule has 3 aromatic heterocycles. The Bertz CT molecular complexity index is 737. The van der Waals surface area contributed by atoms with Gasteiger partial charge in [-0.05, 0) is 22.0 Å². The fourth-order valence-corrected chi connectivity index (χ4v) is 2.75. The van der Waals surface area contributed by atoms with Crippen LogP contribution in [0.1, 0.15) is 5.69 Å². The molecule has 0 aromatic carbocycles. The molecule has 3 heterocycles. The molecule has 3 aromatic rings. The summed E-state index contributed by atoms with van der Waals surface area (Å²) in [5.41, 5.74) is 0.810. The molecule has 8 heteroatoms. The van der Waals surface area contributed by atoms with E-state index in [9.17, 15) is 0 Å². The van der Waals surface area contributed by atoms with Gasteiger partial charge >= 0.3 is 0 Å². The second-order valence-electron chi connectivity index (χ2n) is 3.32. The summed E-state index contributed by atoms with van der Waals surface area (Å²) < 4.78 is 6.10. The third-order valence-corrected chi connectivity index (χ3v) is 3.88. The Hall–Kier alpha value is -1.98. The Balaban J connectivity index is 2.02. The molecule has 1 N–H and O–H groups in total. The van der Waals surface area contributed by atoms with Crippen molar-refractivity contribution >= 4 is 27.3 Å². The maximum Gasteiger partial charge on any atom is 0.262 e. The van der Waals surface area contributed by atoms with Gasteiger partial charge in [-0.1, -0.05) is 5.16 Å². The van der Waals surface area contributed by atoms with Gasteiger partial charge in [-0.15, -0.1) is 11.3 Å². The van der Waals surface area contributed by atoms with E-state index in [-0.39, 0.29) is 5.89 Å². The van der Waals surface area contributed by atoms with Gasteiger partial charge in [-0.2, -0.15) is 15.3 Å². The molecular weight excluding hydrogens is 318 g/mol. The van der Waals surface area contributed by atoms with Crippen molar-refractivity contribution in [2.45, 2.75) is 0 Å². The first-order valence-corrected chi connectivity index (χ1v) is 6.47. The van der Waals surface area contributed by atoms with Crippen molar-refractivity contribution in [3.8, 4) is 28.2 Å². The largest absolute Gasteiger partial charge is 0.333 e. The number of nitrogens with one attached hydrogen (secondary N) is 1. The SMILES string of the molecule is N#Cc1[nH]ncc1-c1nc(-c2cc(Br)cs2)no1. The molecule has 0 amide bonds. The van der Waals surface area contributed by atoms with E-state index >= 15 is 0 Å². The fourth-order valence-electron chi connectivity index (χ4n) is 1.40. The minimum Gasteiger partial charge on any atom is -0.333 e. The Labute approximate surface area is 113 Å². The molecular formula is C10H4BrN5OS. The van der Waals surface area contributed by atoms with Crippen molar-refractivity contribution in [3.63, 3.8) is 0 Å². The second-order valence-corrected chi connectivity index (χ2v) is 5.15. The normalized spacial score (nSPS) is 10.4. The Kier molecular flexibility index (Phi) is 2.70. The first-order valence-electron chi connectivity index (χ1n) is 4.80. The number of thiophene rings is 1. The summed E-state index contributed by atoms with van der Waals surface area (Å²) in [5, 5.41) is 21.0. The summed E-state index contributed by atoms with van der Waals surface area (Å²) in [5.74, 6) is 0.769. The summed E-state index contributed by atoms with van der Waals surface area (Å²) in [6.45, 7) is 0. The highest BCUT2D eigenvalue weighted by Gasteiger charge is 2.16. The van der Waals surface area contributed by atoms with Gasteiger partial charge in [0.15, 0.2) is 0 Å². The van der Waals surface area contributed by atoms with Crippen LogP contribution in [0.4, 0.5) is 0 Å². The Morgan fingerprint density at radius 1 is 1.50 bits per heavy atom. The average Bonchev–Trinajstić information content (AvgIpc) is 3.07. The molecule has 0 fully saturated rings. The lowest BCUT2D eigenvalue weighted by molar-refractivity contribution is 0.432. The van der Waals surface area contributed by atoms with Crippen molar-refractivity contribution in [3.05, 3.63) is 27.8 Å². The number of nitriles is 1. The number of hydrogen-bond donors (Lipinski definition) is 1. The number of nitrogens with zero attached hydrogens (tertiary/aromatic N) is 4. The zero-order valence-electron chi connectivity index (χ0n) is 8.72. The van der Waals surface area contributed by atoms with E-state index < -0.39 is 0 Å². The minimum atomic E-state index is 0.278. The standard InChI is InChI=1S/C10H4BrN5OS/c11-5-1-8(18-4-5)9-14-10(17-16-9)6-3-13-15-7(6)2-12/h1,3-4H,(H,13,15). The van der Waals surface area contributed by atoms with E-state index in [0.29, 0.717) is 17.1 Å². The number of H-pyrrole nitrogens is 1. The highest BCUT2D eigenvalue weighted by Crippen LogP contribution is 2.29. The monoisotopic (exact) mass is 321 g/mol. The zero-order valence-corrected chi connectivity index (χ0v) is 11.1. The van der Waals surface area contributed by atoms with Gasteiger partial charge in [0.25, 0.3) is 5.89 Å². The van der Waals surface area contributed by atoms with Crippen LogP contribution in [0.25, 0.3) is 22.2 Å². The minimum absolute atomic E-state index is 0.278. The fraction of sp³-hybridized carbons (Fsp3) is 0. The first kappa shape index (κ1) is 11.1. The van der Waals surface area contributed by atoms with Crippen LogP contribution in [0.5, 0.6) is 0 Å². The van der Waals surface area contributed by atoms with Crippen LogP contribution in [0.15, 0.2) is 26.6 Å². The molecule has 88 valence electrons. The van der Waals surface area contributed by atoms with Crippen LogP contribution in [-0.4, -0.2) is 20.3 Å². The molecule has 0 aliphatic rings. The molecule has 6 nitrogen and oxygen atoms in total. The van der Waals surface area contributed by atoms with Crippen molar-refractivity contribution in [2.75, 3.05) is 0 Å². The molecule has 0 aliphatic carbocycles. The van der Waals surface area contributed by atoms with Gasteiger partial charge < -0.3 is 4.52 Å². The molecule has 0 atom stereocenters. The number of halogens is 1. The smallest absolute Gasteiger partial charge is 0.262 e. The van der Waals surface area contributed by atoms with Crippen LogP contribution in [0.3, 0.4) is 0 Å². The molecule has 0 spiro atoms. The lowest BCUT2D eigenvalue weighted by Gasteiger charge is -1.85. The van der Waals surface area contributed by atoms with Gasteiger partial charge in [0.2, 0.25) is 5.82 Å². The van der Waals surface area contributed by atoms with E-state index in [1.807, 2.05) is 17.5 Å². The number of rotatable bonds is 2. The quantitative estimate of drug-likeness (QED) is 0.783. The molecule has 3 rings (SSSR count). The van der Waals surface area contributed by atoms with Gasteiger partial charge in [0.1, 0.15) is 11.8 Å². The Morgan fingerprint density at radius 2 is 2.39 bits per heavy atom. The van der Waals surface area contributed by atoms with Gasteiger partial charge in [0.05, 0.1) is 16.6 Å². The van der Waals surface area contributed by atoms with Crippen LogP contribution in [-0.2, 0) is 0 Å². The van der Waals surface area contributed by atoms with Gasteiger partial charge in [0, 0.05) is 9.85 Å². The van der Waals surface area contributed by atoms with E-state index in [1.165, 1.54) is 17.5 Å². The second kappa shape index (κ2) is 4.36. The summed E-state index contributed by atoms with van der Waals surface area (Å²) in [6, 6.07) is 3.88. The summed E-state index contributed by atoms with van der Waals surface area (Å²) in [4.78, 5) is 5.13. The molecule has 18 heavy (non-hydrogen) atoms. The lowest BCUT2D eigenvalue weighted by atomic mass is 10.2. The molecule has 0 radical (unpaired) electrons. The zero-order chi connectivity index (χ0) is 12.5. The molecule has 0 aliphatic heterocycles. The third kappa shape index (κ3) is 1.83. The van der Waals surface area contributed by atoms with Crippen molar-refractivity contribution in [1.29, 1.82) is 5.26 Å². The summed E-state index contributed by atoms with van der Waals surface area (Å²) >= 11 is 4.87. The maximum atomic E-state index is 8.88. The van der Waals surface area contributed by atoms with Gasteiger partial charge in [-0.25, -0.2) is 0 Å². The van der Waals surface area contributed by atoms with Crippen LogP contribution < -0.4 is 0 Å². The van der Waals surface area contributed by atoms with E-state index in [4.69, 9.17) is 9.78 Å². The van der Waals surface area contributed by atoms with E-state index in [2.05, 4.69) is 36.3 Å². The van der Waals surface area contributed by atoms with Gasteiger partial charge in [-0.3, -0.25) is 5.10 Å². The summed E-state index contributed by atoms with van der Waals surface area (Å²) in [7, 11) is 0. The summed E-state index contributed by atoms with van der Waals surface area (Å²) in [6.07, 6.45) is 1.49. The topological polar surface area (TPSA) is 91.4 Å². The van der Waals surface area contributed by atoms with Crippen LogP contribution >= 0.6 is 27.3 Å². The molecule has 0 bridgehead atoms. The number of aromatic amines is 1. The number of aromatic nitrogens is 4. The average molecular weight is 322 g/mol. The highest BCUT2D eigenvalue weighted by atomic mass is 79.9. The maximum absolute atomic E-state index is 8.88. The Morgan fingerprint density at radius 3 is 3.11 bits per heavy atom. The third-order valence-electron chi connectivity index (χ3n) is 2.20. The number of hydrogen-bond acceptors (Lipinski definition) is 6. The van der Waals surface area contributed by atoms with E-state index in [0.717, 1.165) is 9.35 Å². The van der Waals surface area contributed by atoms with Crippen LogP contribution in [0.2, 0.25) is 0 Å². The lowest BCUT2D eigenvalue weighted by Crippen LogP contribution is -1.80. The van der Waals surface area contributed by atoms with Crippen LogP contribution in [0, 0.1) is 11.3 Å². The van der Waals surface area contributed by atoms with Crippen molar-refractivity contribution < 1.29 is 4.52 Å². The highest BCUT2D eigenvalue weighted by molar-refractivity contribution is 9.10. The molecule has 0 unspecified atom stereocenters. The predicted molar refractivity (Wildman–Crippen MR) is 67.6 cm³/mol. The van der Waals surface area contributed by atoms with Crippen molar-refractivity contribution in [2.24, 2.45) is 0 Å².